The Labute approximate surface area is 194 Å². The molecule has 0 atom stereocenters. The van der Waals surface area contributed by atoms with Crippen molar-refractivity contribution in [3.05, 3.63) is 63.7 Å². The second-order valence-electron chi connectivity index (χ2n) is 9.58. The van der Waals surface area contributed by atoms with E-state index in [1.807, 2.05) is 17.0 Å². The van der Waals surface area contributed by atoms with Crippen LogP contribution >= 0.6 is 0 Å². The molecule has 1 aliphatic heterocycles. The van der Waals surface area contributed by atoms with E-state index in [9.17, 15) is 19.7 Å². The summed E-state index contributed by atoms with van der Waals surface area (Å²) in [6, 6.07) is 11.8. The molecule has 1 N–H and O–H groups in total. The highest BCUT2D eigenvalue weighted by atomic mass is 16.6. The Bertz CT molecular complexity index is 1020. The lowest BCUT2D eigenvalue weighted by Gasteiger charge is -2.31. The molecule has 8 nitrogen and oxygen atoms in total. The minimum atomic E-state index is -0.782. The Morgan fingerprint density at radius 2 is 1.76 bits per heavy atom. The number of nitro benzene ring substituents is 1. The average Bonchev–Trinajstić information content (AvgIpc) is 2.77. The maximum Gasteiger partial charge on any atom is 0.338 e. The van der Waals surface area contributed by atoms with Crippen molar-refractivity contribution < 1.29 is 19.2 Å². The third kappa shape index (κ3) is 6.31. The Hall–Kier alpha value is -3.42. The number of hydrogen-bond donors (Lipinski definition) is 1. The molecule has 0 radical (unpaired) electrons. The molecule has 8 heteroatoms. The van der Waals surface area contributed by atoms with Crippen molar-refractivity contribution in [3.63, 3.8) is 0 Å². The van der Waals surface area contributed by atoms with Gasteiger partial charge < -0.3 is 15.0 Å². The van der Waals surface area contributed by atoms with E-state index in [2.05, 4.69) is 33.0 Å². The highest BCUT2D eigenvalue weighted by Gasteiger charge is 2.25. The first-order valence-corrected chi connectivity index (χ1v) is 11.2. The summed E-state index contributed by atoms with van der Waals surface area (Å²) >= 11 is 0. The van der Waals surface area contributed by atoms with Gasteiger partial charge >= 0.3 is 5.97 Å². The van der Waals surface area contributed by atoms with E-state index < -0.39 is 23.4 Å². The molecule has 0 spiro atoms. The van der Waals surface area contributed by atoms with Crippen LogP contribution in [0.3, 0.4) is 0 Å². The molecule has 1 aliphatic rings. The fourth-order valence-corrected chi connectivity index (χ4v) is 3.78. The highest BCUT2D eigenvalue weighted by molar-refractivity contribution is 5.96. The van der Waals surface area contributed by atoms with Gasteiger partial charge in [-0.3, -0.25) is 14.9 Å². The zero-order chi connectivity index (χ0) is 24.2. The monoisotopic (exact) mass is 453 g/mol. The van der Waals surface area contributed by atoms with Gasteiger partial charge in [0.05, 0.1) is 10.5 Å². The number of nitro groups is 1. The minimum Gasteiger partial charge on any atom is -0.452 e. The summed E-state index contributed by atoms with van der Waals surface area (Å²) < 4.78 is 5.09. The predicted octanol–water partition coefficient (Wildman–Crippen LogP) is 4.92. The van der Waals surface area contributed by atoms with Gasteiger partial charge in [0.1, 0.15) is 5.69 Å². The van der Waals surface area contributed by atoms with Crippen molar-refractivity contribution >= 4 is 28.9 Å². The lowest BCUT2D eigenvalue weighted by atomic mass is 9.87. The van der Waals surface area contributed by atoms with E-state index in [1.165, 1.54) is 12.1 Å². The van der Waals surface area contributed by atoms with Crippen LogP contribution in [0.25, 0.3) is 0 Å². The molecule has 2 aromatic carbocycles. The summed E-state index contributed by atoms with van der Waals surface area (Å²) in [5.74, 6) is -0.673. The van der Waals surface area contributed by atoms with E-state index in [0.717, 1.165) is 31.5 Å². The van der Waals surface area contributed by atoms with Crippen LogP contribution in [0.2, 0.25) is 0 Å². The first-order valence-electron chi connectivity index (χ1n) is 11.2. The lowest BCUT2D eigenvalue weighted by molar-refractivity contribution is -0.384. The van der Waals surface area contributed by atoms with Crippen molar-refractivity contribution in [2.24, 2.45) is 5.92 Å². The smallest absolute Gasteiger partial charge is 0.338 e. The second-order valence-corrected chi connectivity index (χ2v) is 9.58. The van der Waals surface area contributed by atoms with E-state index in [-0.39, 0.29) is 16.7 Å². The molecule has 1 fully saturated rings. The van der Waals surface area contributed by atoms with Gasteiger partial charge in [0.2, 0.25) is 0 Å². The van der Waals surface area contributed by atoms with Crippen molar-refractivity contribution in [1.29, 1.82) is 0 Å². The molecule has 1 amide bonds. The maximum absolute atomic E-state index is 12.4. The fraction of sp³-hybridized carbons (Fsp3) is 0.440. The number of carbonyl (C=O) groups is 2. The molecule has 0 unspecified atom stereocenters. The molecule has 3 rings (SSSR count). The number of amides is 1. The van der Waals surface area contributed by atoms with Gasteiger partial charge in [0.25, 0.3) is 11.6 Å². The van der Waals surface area contributed by atoms with Gasteiger partial charge in [0.15, 0.2) is 6.61 Å². The van der Waals surface area contributed by atoms with Gasteiger partial charge in [-0.25, -0.2) is 4.79 Å². The summed E-state index contributed by atoms with van der Waals surface area (Å²) in [5.41, 5.74) is 2.14. The molecule has 0 aliphatic carbocycles. The van der Waals surface area contributed by atoms with E-state index in [0.29, 0.717) is 17.3 Å². The number of nitrogens with zero attached hydrogens (tertiary/aromatic N) is 2. The second kappa shape index (κ2) is 10.0. The van der Waals surface area contributed by atoms with Crippen molar-refractivity contribution in [3.8, 4) is 0 Å². The first kappa shape index (κ1) is 24.2. The Morgan fingerprint density at radius 3 is 2.33 bits per heavy atom. The Morgan fingerprint density at radius 1 is 1.12 bits per heavy atom. The van der Waals surface area contributed by atoms with Crippen molar-refractivity contribution in [2.75, 3.05) is 29.9 Å². The van der Waals surface area contributed by atoms with E-state index in [4.69, 9.17) is 4.74 Å². The van der Waals surface area contributed by atoms with Crippen LogP contribution in [-0.4, -0.2) is 36.5 Å². The van der Waals surface area contributed by atoms with E-state index in [1.54, 1.807) is 18.2 Å². The number of rotatable bonds is 6. The quantitative estimate of drug-likeness (QED) is 0.378. The number of benzene rings is 2. The third-order valence-electron chi connectivity index (χ3n) is 5.90. The van der Waals surface area contributed by atoms with Gasteiger partial charge in [-0.1, -0.05) is 39.8 Å². The largest absolute Gasteiger partial charge is 0.452 e. The van der Waals surface area contributed by atoms with Gasteiger partial charge in [-0.15, -0.1) is 0 Å². The number of ether oxygens (including phenoxy) is 1. The third-order valence-corrected chi connectivity index (χ3v) is 5.90. The standard InChI is InChI=1S/C25H31N3O5/c1-17-11-13-27(14-12-17)21-10-5-18(15-22(21)28(31)32)24(30)33-16-23(29)26-20-8-6-19(7-9-20)25(2,3)4/h5-10,15,17H,11-14,16H2,1-4H3,(H,26,29). The number of anilines is 2. The molecule has 0 aromatic heterocycles. The molecule has 0 saturated carbocycles. The highest BCUT2D eigenvalue weighted by Crippen LogP contribution is 2.32. The number of carbonyl (C=O) groups excluding carboxylic acids is 2. The number of nitrogens with one attached hydrogen (secondary N) is 1. The van der Waals surface area contributed by atoms with Crippen LogP contribution in [-0.2, 0) is 14.9 Å². The van der Waals surface area contributed by atoms with Crippen molar-refractivity contribution in [1.82, 2.24) is 0 Å². The van der Waals surface area contributed by atoms with Crippen LogP contribution in [0.5, 0.6) is 0 Å². The Kier molecular flexibility index (Phi) is 7.36. The van der Waals surface area contributed by atoms with Gasteiger partial charge in [0, 0.05) is 24.8 Å². The summed E-state index contributed by atoms with van der Waals surface area (Å²) in [6.07, 6.45) is 1.93. The number of hydrogen-bond acceptors (Lipinski definition) is 6. The topological polar surface area (TPSA) is 102 Å². The number of piperidine rings is 1. The lowest BCUT2D eigenvalue weighted by Crippen LogP contribution is -2.33. The fourth-order valence-electron chi connectivity index (χ4n) is 3.78. The summed E-state index contributed by atoms with van der Waals surface area (Å²) in [4.78, 5) is 37.7. The van der Waals surface area contributed by atoms with Crippen LogP contribution in [0, 0.1) is 16.0 Å². The average molecular weight is 454 g/mol. The zero-order valence-electron chi connectivity index (χ0n) is 19.6. The maximum atomic E-state index is 12.4. The zero-order valence-corrected chi connectivity index (χ0v) is 19.6. The van der Waals surface area contributed by atoms with Crippen molar-refractivity contribution in [2.45, 2.75) is 46.0 Å². The van der Waals surface area contributed by atoms with E-state index >= 15 is 0 Å². The SMILES string of the molecule is CC1CCN(c2ccc(C(=O)OCC(=O)Nc3ccc(C(C)(C)C)cc3)cc2[N+](=O)[O-])CC1. The summed E-state index contributed by atoms with van der Waals surface area (Å²) in [5, 5.41) is 14.3. The van der Waals surface area contributed by atoms with Gasteiger partial charge in [-0.2, -0.15) is 0 Å². The molecule has 2 aromatic rings. The summed E-state index contributed by atoms with van der Waals surface area (Å²) in [7, 11) is 0. The molecule has 1 heterocycles. The van der Waals surface area contributed by atoms with Gasteiger partial charge in [-0.05, 0) is 54.0 Å². The molecule has 0 bridgehead atoms. The van der Waals surface area contributed by atoms with Crippen LogP contribution in [0.1, 0.15) is 56.5 Å². The molecule has 1 saturated heterocycles. The molecular weight excluding hydrogens is 422 g/mol. The molecule has 176 valence electrons. The molecular formula is C25H31N3O5. The van der Waals surface area contributed by atoms with Crippen LogP contribution in [0.4, 0.5) is 17.1 Å². The first-order chi connectivity index (χ1) is 15.5. The summed E-state index contributed by atoms with van der Waals surface area (Å²) in [6.45, 7) is 9.46. The predicted molar refractivity (Wildman–Crippen MR) is 128 cm³/mol. The van der Waals surface area contributed by atoms with Crippen LogP contribution in [0.15, 0.2) is 42.5 Å². The normalized spacial score (nSPS) is 14.6. The van der Waals surface area contributed by atoms with Crippen LogP contribution < -0.4 is 10.2 Å². The minimum absolute atomic E-state index is 0.00263. The molecule has 33 heavy (non-hydrogen) atoms. The number of esters is 1. The Balaban J connectivity index is 1.61.